The first-order chi connectivity index (χ1) is 32.0. The molecule has 0 aromatic rings. The Morgan fingerprint density at radius 3 is 1.00 bits per heavy atom. The second kappa shape index (κ2) is 51.4. The maximum Gasteiger partial charge on any atom is 0.310 e. The third-order valence-electron chi connectivity index (χ3n) is 9.24. The molecule has 0 saturated carbocycles. The monoisotopic (exact) mass is 891 g/mol. The first-order valence-electron chi connectivity index (χ1n) is 24.6. The van der Waals surface area contributed by atoms with Crippen molar-refractivity contribution in [3.63, 3.8) is 0 Å². The van der Waals surface area contributed by atoms with Gasteiger partial charge >= 0.3 is 17.9 Å². The second-order valence-corrected chi connectivity index (χ2v) is 15.2. The lowest BCUT2D eigenvalue weighted by Crippen LogP contribution is -2.30. The Hall–Kier alpha value is -5.23. The maximum absolute atomic E-state index is 12.7. The fraction of sp³-hybridized carbons (Fsp3) is 0.475. The molecular weight excluding hydrogens is 805 g/mol. The number of carbonyl (C=O) groups excluding carboxylic acids is 3. The highest BCUT2D eigenvalue weighted by molar-refractivity contribution is 5.72. The van der Waals surface area contributed by atoms with Crippen LogP contribution in [0.2, 0.25) is 0 Å². The minimum absolute atomic E-state index is 0.0651. The zero-order valence-electron chi connectivity index (χ0n) is 40.7. The van der Waals surface area contributed by atoms with Crippen molar-refractivity contribution in [2.75, 3.05) is 13.2 Å². The highest BCUT2D eigenvalue weighted by Crippen LogP contribution is 2.08. The standard InChI is InChI=1S/C59H86O6/c1-4-7-10-13-16-19-22-25-27-28-29-30-32-34-37-40-43-46-49-52-58(61)64-55-56(54-63-57(60)51-48-45-42-39-36-33-24-21-18-15-12-9-6-3)65-59(62)53-50-47-44-41-38-35-31-26-23-20-17-14-11-8-5-2/h7-12,16-21,25-27,29-31,33-34,36-38,41-42,45,47,50,56H,4-6,13-15,22-24,28,32,35,39-40,43-44,46,48-49,51-55H2,1-3H3/b10-7-,11-8-,12-9-,19-16-,20-17-,21-18-,27-25-,30-29-,31-26-,36-33-,37-34-,41-38-,45-42-,50-47-. The molecule has 0 aromatic heterocycles. The van der Waals surface area contributed by atoms with Crippen LogP contribution < -0.4 is 0 Å². The Balaban J connectivity index is 4.68. The van der Waals surface area contributed by atoms with E-state index in [9.17, 15) is 14.4 Å². The molecule has 0 radical (unpaired) electrons. The van der Waals surface area contributed by atoms with Crippen molar-refractivity contribution in [3.8, 4) is 0 Å². The summed E-state index contributed by atoms with van der Waals surface area (Å²) in [6, 6.07) is 0. The second-order valence-electron chi connectivity index (χ2n) is 15.2. The highest BCUT2D eigenvalue weighted by Gasteiger charge is 2.19. The lowest BCUT2D eigenvalue weighted by atomic mass is 10.1. The van der Waals surface area contributed by atoms with Gasteiger partial charge in [-0.15, -0.1) is 0 Å². The number of rotatable bonds is 41. The van der Waals surface area contributed by atoms with Crippen molar-refractivity contribution in [3.05, 3.63) is 170 Å². The third-order valence-corrected chi connectivity index (χ3v) is 9.24. The summed E-state index contributed by atoms with van der Waals surface area (Å²) in [6.45, 7) is 6.07. The SMILES string of the molecule is CC/C=C\C/C=C\C/C=C\C/C=C\C/C=C\CCCCCC(=O)OCC(COC(=O)CC/C=C\C/C=C\C/C=C\C/C=C\CC)OC(=O)C/C=C\C/C=C\C/C=C\C/C=C\C/C=C\CC. The van der Waals surface area contributed by atoms with Crippen LogP contribution in [-0.2, 0) is 28.6 Å². The molecule has 0 aliphatic rings. The van der Waals surface area contributed by atoms with Crippen LogP contribution >= 0.6 is 0 Å². The molecule has 1 unspecified atom stereocenters. The molecule has 6 heteroatoms. The first kappa shape index (κ1) is 59.8. The van der Waals surface area contributed by atoms with Crippen molar-refractivity contribution in [2.24, 2.45) is 0 Å². The van der Waals surface area contributed by atoms with Gasteiger partial charge in [0.1, 0.15) is 13.2 Å². The van der Waals surface area contributed by atoms with Gasteiger partial charge in [0.05, 0.1) is 6.42 Å². The predicted molar refractivity (Wildman–Crippen MR) is 278 cm³/mol. The van der Waals surface area contributed by atoms with Crippen molar-refractivity contribution < 1.29 is 28.6 Å². The molecule has 6 nitrogen and oxygen atoms in total. The van der Waals surface area contributed by atoms with Crippen molar-refractivity contribution in [2.45, 2.75) is 168 Å². The van der Waals surface area contributed by atoms with E-state index in [2.05, 4.69) is 167 Å². The number of esters is 3. The summed E-state index contributed by atoms with van der Waals surface area (Å²) < 4.78 is 16.5. The molecule has 0 rings (SSSR count). The van der Waals surface area contributed by atoms with E-state index in [4.69, 9.17) is 14.2 Å². The van der Waals surface area contributed by atoms with E-state index < -0.39 is 18.0 Å². The Bertz CT molecular complexity index is 1590. The van der Waals surface area contributed by atoms with Crippen molar-refractivity contribution in [1.82, 2.24) is 0 Å². The molecule has 1 atom stereocenters. The molecule has 0 aliphatic heterocycles. The molecule has 0 bridgehead atoms. The Morgan fingerprint density at radius 1 is 0.323 bits per heavy atom. The van der Waals surface area contributed by atoms with Crippen LogP contribution in [0.4, 0.5) is 0 Å². The van der Waals surface area contributed by atoms with Gasteiger partial charge in [0, 0.05) is 12.8 Å². The van der Waals surface area contributed by atoms with Crippen LogP contribution in [0, 0.1) is 0 Å². The lowest BCUT2D eigenvalue weighted by Gasteiger charge is -2.18. The van der Waals surface area contributed by atoms with Gasteiger partial charge < -0.3 is 14.2 Å². The molecule has 0 saturated heterocycles. The number of carbonyl (C=O) groups is 3. The van der Waals surface area contributed by atoms with Crippen LogP contribution in [0.25, 0.3) is 0 Å². The summed E-state index contributed by atoms with van der Waals surface area (Å²) >= 11 is 0. The Labute approximate surface area is 396 Å². The predicted octanol–water partition coefficient (Wildman–Crippen LogP) is 16.4. The largest absolute Gasteiger partial charge is 0.462 e. The van der Waals surface area contributed by atoms with Crippen LogP contribution in [0.3, 0.4) is 0 Å². The van der Waals surface area contributed by atoms with Gasteiger partial charge in [-0.25, -0.2) is 0 Å². The van der Waals surface area contributed by atoms with E-state index in [1.807, 2.05) is 18.2 Å². The number of ether oxygens (including phenoxy) is 3. The van der Waals surface area contributed by atoms with E-state index in [1.165, 1.54) is 0 Å². The normalized spacial score (nSPS) is 13.6. The summed E-state index contributed by atoms with van der Waals surface area (Å²) in [5.74, 6) is -1.23. The van der Waals surface area contributed by atoms with E-state index in [-0.39, 0.29) is 38.4 Å². The van der Waals surface area contributed by atoms with Gasteiger partial charge in [-0.2, -0.15) is 0 Å². The molecule has 65 heavy (non-hydrogen) atoms. The number of hydrogen-bond donors (Lipinski definition) is 0. The van der Waals surface area contributed by atoms with E-state index in [0.29, 0.717) is 19.3 Å². The zero-order valence-corrected chi connectivity index (χ0v) is 40.7. The molecule has 0 N–H and O–H groups in total. The zero-order chi connectivity index (χ0) is 47.2. The van der Waals surface area contributed by atoms with E-state index in [0.717, 1.165) is 103 Å². The molecule has 358 valence electrons. The van der Waals surface area contributed by atoms with Crippen LogP contribution in [-0.4, -0.2) is 37.2 Å². The Morgan fingerprint density at radius 2 is 0.631 bits per heavy atom. The van der Waals surface area contributed by atoms with E-state index >= 15 is 0 Å². The van der Waals surface area contributed by atoms with Crippen LogP contribution in [0.5, 0.6) is 0 Å². The maximum atomic E-state index is 12.7. The van der Waals surface area contributed by atoms with Gasteiger partial charge in [0.15, 0.2) is 6.10 Å². The molecule has 0 fully saturated rings. The van der Waals surface area contributed by atoms with E-state index in [1.54, 1.807) is 6.08 Å². The molecular formula is C59H86O6. The quantitative estimate of drug-likeness (QED) is 0.0263. The molecule has 0 amide bonds. The van der Waals surface area contributed by atoms with Crippen molar-refractivity contribution >= 4 is 17.9 Å². The minimum atomic E-state index is -0.883. The highest BCUT2D eigenvalue weighted by atomic mass is 16.6. The fourth-order valence-corrected chi connectivity index (χ4v) is 5.67. The smallest absolute Gasteiger partial charge is 0.310 e. The average molecular weight is 891 g/mol. The summed E-state index contributed by atoms with van der Waals surface area (Å²) in [6.07, 6.45) is 76.6. The van der Waals surface area contributed by atoms with Gasteiger partial charge in [-0.05, 0) is 116 Å². The topological polar surface area (TPSA) is 78.9 Å². The van der Waals surface area contributed by atoms with Crippen LogP contribution in [0.15, 0.2) is 170 Å². The van der Waals surface area contributed by atoms with Gasteiger partial charge in [-0.3, -0.25) is 14.4 Å². The molecule has 0 heterocycles. The lowest BCUT2D eigenvalue weighted by molar-refractivity contribution is -0.166. The number of allylic oxidation sites excluding steroid dienone is 27. The number of hydrogen-bond acceptors (Lipinski definition) is 6. The number of unbranched alkanes of at least 4 members (excludes halogenated alkanes) is 3. The van der Waals surface area contributed by atoms with Crippen LogP contribution in [0.1, 0.15) is 162 Å². The molecule has 0 aromatic carbocycles. The summed E-state index contributed by atoms with van der Waals surface area (Å²) in [4.78, 5) is 37.8. The summed E-state index contributed by atoms with van der Waals surface area (Å²) in [5, 5.41) is 0. The molecule has 0 spiro atoms. The average Bonchev–Trinajstić information content (AvgIpc) is 3.30. The summed E-state index contributed by atoms with van der Waals surface area (Å²) in [7, 11) is 0. The third kappa shape index (κ3) is 49.6. The molecule has 0 aliphatic carbocycles. The minimum Gasteiger partial charge on any atom is -0.462 e. The first-order valence-corrected chi connectivity index (χ1v) is 24.6. The van der Waals surface area contributed by atoms with Crippen molar-refractivity contribution in [1.29, 1.82) is 0 Å². The van der Waals surface area contributed by atoms with Gasteiger partial charge in [0.2, 0.25) is 0 Å². The Kier molecular flexibility index (Phi) is 47.3. The van der Waals surface area contributed by atoms with Gasteiger partial charge in [0.25, 0.3) is 0 Å². The summed E-state index contributed by atoms with van der Waals surface area (Å²) in [5.41, 5.74) is 0. The van der Waals surface area contributed by atoms with Gasteiger partial charge in [-0.1, -0.05) is 197 Å². The fourth-order valence-electron chi connectivity index (χ4n) is 5.67.